The minimum absolute atomic E-state index is 0.395. The third kappa shape index (κ3) is 13.1. The third-order valence-electron chi connectivity index (χ3n) is 3.08. The van der Waals surface area contributed by atoms with Crippen LogP contribution in [0.25, 0.3) is 0 Å². The maximum atomic E-state index is 10.3. The van der Waals surface area contributed by atoms with Crippen molar-refractivity contribution in [3.63, 3.8) is 0 Å². The number of carbonyl (C=O) groups is 1. The molecule has 0 fully saturated rings. The predicted octanol–water partition coefficient (Wildman–Crippen LogP) is 4.79. The summed E-state index contributed by atoms with van der Waals surface area (Å²) in [5.74, 6) is -0.445. The van der Waals surface area contributed by atoms with Crippen LogP contribution in [-0.4, -0.2) is 11.1 Å². The van der Waals surface area contributed by atoms with E-state index in [0.29, 0.717) is 5.92 Å². The molecule has 0 bridgehead atoms. The van der Waals surface area contributed by atoms with Crippen molar-refractivity contribution >= 4 is 5.97 Å². The van der Waals surface area contributed by atoms with Gasteiger partial charge in [0, 0.05) is 6.08 Å². The van der Waals surface area contributed by atoms with E-state index >= 15 is 0 Å². The van der Waals surface area contributed by atoms with E-state index in [9.17, 15) is 4.79 Å². The summed E-state index contributed by atoms with van der Waals surface area (Å²) < 4.78 is 0. The van der Waals surface area contributed by atoms with E-state index in [4.69, 9.17) is 5.11 Å². The van der Waals surface area contributed by atoms with Crippen molar-refractivity contribution in [1.82, 2.24) is 0 Å². The van der Waals surface area contributed by atoms with Crippen LogP contribution in [0.2, 0.25) is 0 Å². The number of hydrogen-bond donors (Lipinski definition) is 1. The van der Waals surface area contributed by atoms with Gasteiger partial charge in [0.1, 0.15) is 0 Å². The monoisotopic (exact) mass is 240 g/mol. The summed E-state index contributed by atoms with van der Waals surface area (Å²) in [6.45, 7) is 4.33. The van der Waals surface area contributed by atoms with Gasteiger partial charge in [-0.1, -0.05) is 71.3 Å². The second kappa shape index (κ2) is 11.7. The van der Waals surface area contributed by atoms with Gasteiger partial charge in [0.2, 0.25) is 0 Å². The van der Waals surface area contributed by atoms with E-state index in [0.717, 1.165) is 6.42 Å². The lowest BCUT2D eigenvalue weighted by atomic mass is 10.0. The Labute approximate surface area is 106 Å². The van der Waals surface area contributed by atoms with Crippen LogP contribution in [-0.2, 0) is 4.79 Å². The molecule has 0 heterocycles. The molecule has 0 aromatic carbocycles. The summed E-state index contributed by atoms with van der Waals surface area (Å²) >= 11 is 0. The molecule has 0 aliphatic rings. The van der Waals surface area contributed by atoms with Crippen molar-refractivity contribution in [2.24, 2.45) is 5.92 Å². The molecule has 0 spiro atoms. The fraction of sp³-hybridized carbons (Fsp3) is 0.800. The first kappa shape index (κ1) is 16.2. The molecule has 0 aromatic rings. The van der Waals surface area contributed by atoms with Crippen molar-refractivity contribution < 1.29 is 9.90 Å². The molecule has 1 unspecified atom stereocenters. The Kier molecular flexibility index (Phi) is 11.1. The van der Waals surface area contributed by atoms with Gasteiger partial charge in [-0.05, 0) is 12.3 Å². The molecular formula is C15H28O2. The van der Waals surface area contributed by atoms with Crippen LogP contribution >= 0.6 is 0 Å². The summed E-state index contributed by atoms with van der Waals surface area (Å²) in [5.41, 5.74) is 0. The highest BCUT2D eigenvalue weighted by Crippen LogP contribution is 2.13. The molecule has 0 radical (unpaired) electrons. The Morgan fingerprint density at radius 2 is 1.59 bits per heavy atom. The second-order valence-corrected chi connectivity index (χ2v) is 4.94. The summed E-state index contributed by atoms with van der Waals surface area (Å²) in [6, 6.07) is 0. The van der Waals surface area contributed by atoms with Crippen molar-refractivity contribution in [3.8, 4) is 0 Å². The summed E-state index contributed by atoms with van der Waals surface area (Å²) in [5, 5.41) is 8.49. The molecule has 2 nitrogen and oxygen atoms in total. The average molecular weight is 240 g/mol. The molecular weight excluding hydrogens is 212 g/mol. The molecule has 100 valence electrons. The molecule has 0 aliphatic heterocycles. The Balaban J connectivity index is 3.24. The fourth-order valence-corrected chi connectivity index (χ4v) is 1.94. The van der Waals surface area contributed by atoms with Crippen LogP contribution in [0.1, 0.15) is 71.6 Å². The quantitative estimate of drug-likeness (QED) is 0.416. The first-order valence-electron chi connectivity index (χ1n) is 7.08. The zero-order valence-electron chi connectivity index (χ0n) is 11.5. The standard InChI is InChI=1S/C15H28O2/c1-3-4-5-6-7-8-9-10-11-14(2)12-13-15(16)17/h12-14H,3-11H2,1-2H3,(H,16,17). The van der Waals surface area contributed by atoms with Gasteiger partial charge in [-0.2, -0.15) is 0 Å². The van der Waals surface area contributed by atoms with Crippen molar-refractivity contribution in [2.45, 2.75) is 71.6 Å². The van der Waals surface area contributed by atoms with Gasteiger partial charge in [-0.15, -0.1) is 0 Å². The van der Waals surface area contributed by atoms with Gasteiger partial charge >= 0.3 is 5.97 Å². The van der Waals surface area contributed by atoms with Gasteiger partial charge in [0.15, 0.2) is 0 Å². The molecule has 0 saturated heterocycles. The molecule has 1 atom stereocenters. The Bertz CT molecular complexity index is 209. The third-order valence-corrected chi connectivity index (χ3v) is 3.08. The summed E-state index contributed by atoms with van der Waals surface area (Å²) in [7, 11) is 0. The van der Waals surface area contributed by atoms with Crippen molar-refractivity contribution in [1.29, 1.82) is 0 Å². The largest absolute Gasteiger partial charge is 0.478 e. The first-order chi connectivity index (χ1) is 8.16. The lowest BCUT2D eigenvalue weighted by Crippen LogP contribution is -1.93. The second-order valence-electron chi connectivity index (χ2n) is 4.94. The van der Waals surface area contributed by atoms with E-state index in [1.165, 1.54) is 57.4 Å². The minimum Gasteiger partial charge on any atom is -0.478 e. The molecule has 0 amide bonds. The van der Waals surface area contributed by atoms with Gasteiger partial charge in [-0.25, -0.2) is 4.79 Å². The minimum atomic E-state index is -0.840. The van der Waals surface area contributed by atoms with Gasteiger partial charge in [0.05, 0.1) is 0 Å². The smallest absolute Gasteiger partial charge is 0.327 e. The SMILES string of the molecule is CCCCCCCCCCC(C)C=CC(=O)O. The maximum absolute atomic E-state index is 10.3. The van der Waals surface area contributed by atoms with E-state index in [-0.39, 0.29) is 0 Å². The van der Waals surface area contributed by atoms with Crippen molar-refractivity contribution in [2.75, 3.05) is 0 Å². The zero-order chi connectivity index (χ0) is 12.9. The van der Waals surface area contributed by atoms with Crippen molar-refractivity contribution in [3.05, 3.63) is 12.2 Å². The molecule has 0 rings (SSSR count). The molecule has 17 heavy (non-hydrogen) atoms. The highest BCUT2D eigenvalue weighted by atomic mass is 16.4. The van der Waals surface area contributed by atoms with E-state index in [1.807, 2.05) is 0 Å². The van der Waals surface area contributed by atoms with E-state index in [1.54, 1.807) is 6.08 Å². The Morgan fingerprint density at radius 1 is 1.06 bits per heavy atom. The Hall–Kier alpha value is -0.790. The topological polar surface area (TPSA) is 37.3 Å². The first-order valence-corrected chi connectivity index (χ1v) is 7.08. The maximum Gasteiger partial charge on any atom is 0.327 e. The normalized spacial score (nSPS) is 13.1. The van der Waals surface area contributed by atoms with Gasteiger partial charge in [0.25, 0.3) is 0 Å². The number of allylic oxidation sites excluding steroid dienone is 1. The highest BCUT2D eigenvalue weighted by molar-refractivity contribution is 5.79. The number of carboxylic acid groups (broad SMARTS) is 1. The average Bonchev–Trinajstić information content (AvgIpc) is 2.30. The van der Waals surface area contributed by atoms with Crippen LogP contribution in [0.5, 0.6) is 0 Å². The van der Waals surface area contributed by atoms with Crippen LogP contribution in [0.15, 0.2) is 12.2 Å². The molecule has 0 saturated carbocycles. The number of carboxylic acids is 1. The molecule has 0 aliphatic carbocycles. The molecule has 2 heteroatoms. The fourth-order valence-electron chi connectivity index (χ4n) is 1.94. The van der Waals surface area contributed by atoms with E-state index in [2.05, 4.69) is 13.8 Å². The van der Waals surface area contributed by atoms with Crippen LogP contribution in [0, 0.1) is 5.92 Å². The van der Waals surface area contributed by atoms with E-state index < -0.39 is 5.97 Å². The van der Waals surface area contributed by atoms with Crippen LogP contribution < -0.4 is 0 Å². The Morgan fingerprint density at radius 3 is 2.12 bits per heavy atom. The predicted molar refractivity (Wildman–Crippen MR) is 73.2 cm³/mol. The summed E-state index contributed by atoms with van der Waals surface area (Å²) in [4.78, 5) is 10.3. The molecule has 1 N–H and O–H groups in total. The lowest BCUT2D eigenvalue weighted by molar-refractivity contribution is -0.131. The number of aliphatic carboxylic acids is 1. The number of hydrogen-bond acceptors (Lipinski definition) is 1. The van der Waals surface area contributed by atoms with Crippen LogP contribution in [0.3, 0.4) is 0 Å². The van der Waals surface area contributed by atoms with Gasteiger partial charge < -0.3 is 5.11 Å². The zero-order valence-corrected chi connectivity index (χ0v) is 11.5. The molecule has 0 aromatic heterocycles. The van der Waals surface area contributed by atoms with Crippen LogP contribution in [0.4, 0.5) is 0 Å². The lowest BCUT2D eigenvalue weighted by Gasteiger charge is -2.05. The van der Waals surface area contributed by atoms with Gasteiger partial charge in [-0.3, -0.25) is 0 Å². The highest BCUT2D eigenvalue weighted by Gasteiger charge is 1.98. The number of rotatable bonds is 11. The summed E-state index contributed by atoms with van der Waals surface area (Å²) in [6.07, 6.45) is 14.8. The number of unbranched alkanes of at least 4 members (excludes halogenated alkanes) is 7.